The van der Waals surface area contributed by atoms with Crippen molar-refractivity contribution in [1.29, 1.82) is 0 Å². The van der Waals surface area contributed by atoms with Gasteiger partial charge in [0.2, 0.25) is 15.9 Å². The normalized spacial score (nSPS) is 16.3. The van der Waals surface area contributed by atoms with E-state index in [1.165, 1.54) is 12.3 Å². The average molecular weight is 332 g/mol. The number of rotatable bonds is 4. The van der Waals surface area contributed by atoms with Crippen LogP contribution in [0.4, 0.5) is 0 Å². The minimum absolute atomic E-state index is 0.0183. The molecule has 23 heavy (non-hydrogen) atoms. The van der Waals surface area contributed by atoms with Crippen molar-refractivity contribution in [2.24, 2.45) is 0 Å². The molecule has 2 aromatic rings. The lowest BCUT2D eigenvalue weighted by Gasteiger charge is -2.14. The van der Waals surface area contributed by atoms with Gasteiger partial charge in [-0.15, -0.1) is 0 Å². The van der Waals surface area contributed by atoms with Crippen LogP contribution in [0.25, 0.3) is 0 Å². The van der Waals surface area contributed by atoms with Crippen LogP contribution in [-0.2, 0) is 16.6 Å². The number of carbonyl (C=O) groups is 1. The minimum atomic E-state index is -3.47. The van der Waals surface area contributed by atoms with Crippen LogP contribution in [0.15, 0.2) is 48.7 Å². The van der Waals surface area contributed by atoms with Crippen molar-refractivity contribution in [2.45, 2.75) is 13.0 Å². The maximum absolute atomic E-state index is 12.2. The van der Waals surface area contributed by atoms with E-state index in [2.05, 4.69) is 4.98 Å². The summed E-state index contributed by atoms with van der Waals surface area (Å²) < 4.78 is 30.0. The molecule has 0 saturated carbocycles. The molecule has 7 heteroatoms. The van der Waals surface area contributed by atoms with Crippen LogP contribution in [0, 0.1) is 0 Å². The molecule has 1 aromatic carbocycles. The van der Waals surface area contributed by atoms with Crippen LogP contribution in [-0.4, -0.2) is 35.9 Å². The second-order valence-electron chi connectivity index (χ2n) is 5.21. The van der Waals surface area contributed by atoms with Crippen molar-refractivity contribution in [3.63, 3.8) is 0 Å². The van der Waals surface area contributed by atoms with Crippen molar-refractivity contribution in [3.05, 3.63) is 59.8 Å². The summed E-state index contributed by atoms with van der Waals surface area (Å²) in [7, 11) is -3.47. The number of pyridine rings is 1. The Bertz CT molecular complexity index is 789. The van der Waals surface area contributed by atoms with Crippen LogP contribution in [0.5, 0.6) is 5.88 Å². The van der Waals surface area contributed by atoms with Gasteiger partial charge in [-0.25, -0.2) is 17.7 Å². The Morgan fingerprint density at radius 2 is 1.96 bits per heavy atom. The van der Waals surface area contributed by atoms with Crippen molar-refractivity contribution < 1.29 is 17.9 Å². The first kappa shape index (κ1) is 15.5. The number of sulfonamides is 1. The second-order valence-corrected chi connectivity index (χ2v) is 7.22. The largest absolute Gasteiger partial charge is 0.473 e. The van der Waals surface area contributed by atoms with E-state index in [1.807, 2.05) is 30.3 Å². The van der Waals surface area contributed by atoms with Gasteiger partial charge in [-0.1, -0.05) is 30.3 Å². The van der Waals surface area contributed by atoms with Crippen molar-refractivity contribution in [2.75, 3.05) is 12.3 Å². The molecule has 3 rings (SSSR count). The number of hydrogen-bond donors (Lipinski definition) is 0. The average Bonchev–Trinajstić information content (AvgIpc) is 2.93. The second kappa shape index (κ2) is 6.37. The molecular formula is C16H16N2O4S. The molecule has 1 saturated heterocycles. The van der Waals surface area contributed by atoms with Crippen LogP contribution in [0.1, 0.15) is 22.3 Å². The SMILES string of the molecule is O=C(c1ccc(OCc2ccccc2)nc1)N1CCCS1(=O)=O. The molecular weight excluding hydrogens is 316 g/mol. The molecule has 1 aliphatic rings. The van der Waals surface area contributed by atoms with E-state index < -0.39 is 15.9 Å². The van der Waals surface area contributed by atoms with Crippen molar-refractivity contribution in [3.8, 4) is 5.88 Å². The number of ether oxygens (including phenoxy) is 1. The Balaban J connectivity index is 1.66. The van der Waals surface area contributed by atoms with Gasteiger partial charge in [0, 0.05) is 18.8 Å². The third kappa shape index (κ3) is 3.50. The predicted molar refractivity (Wildman–Crippen MR) is 84.5 cm³/mol. The lowest BCUT2D eigenvalue weighted by Crippen LogP contribution is -2.32. The van der Waals surface area contributed by atoms with E-state index in [4.69, 9.17) is 4.74 Å². The van der Waals surface area contributed by atoms with Gasteiger partial charge >= 0.3 is 0 Å². The summed E-state index contributed by atoms with van der Waals surface area (Å²) in [6.45, 7) is 0.606. The molecule has 0 spiro atoms. The van der Waals surface area contributed by atoms with E-state index in [0.717, 1.165) is 9.87 Å². The zero-order chi connectivity index (χ0) is 16.3. The lowest BCUT2D eigenvalue weighted by molar-refractivity contribution is 0.0869. The fourth-order valence-electron chi connectivity index (χ4n) is 2.34. The molecule has 1 aliphatic heterocycles. The van der Waals surface area contributed by atoms with Crippen molar-refractivity contribution in [1.82, 2.24) is 9.29 Å². The molecule has 0 atom stereocenters. The fourth-order valence-corrected chi connectivity index (χ4v) is 3.82. The van der Waals surface area contributed by atoms with Crippen molar-refractivity contribution >= 4 is 15.9 Å². The zero-order valence-electron chi connectivity index (χ0n) is 12.4. The van der Waals surface area contributed by atoms with Gasteiger partial charge in [-0.2, -0.15) is 0 Å². The Kier molecular flexibility index (Phi) is 4.29. The molecule has 0 unspecified atom stereocenters. The molecule has 0 N–H and O–H groups in total. The summed E-state index contributed by atoms with van der Waals surface area (Å²) in [6.07, 6.45) is 1.82. The lowest BCUT2D eigenvalue weighted by atomic mass is 10.2. The monoisotopic (exact) mass is 332 g/mol. The molecule has 1 amide bonds. The highest BCUT2D eigenvalue weighted by Crippen LogP contribution is 2.18. The van der Waals surface area contributed by atoms with Gasteiger partial charge in [0.1, 0.15) is 6.61 Å². The topological polar surface area (TPSA) is 76.6 Å². The molecule has 0 aliphatic carbocycles. The van der Waals surface area contributed by atoms with Crippen LogP contribution in [0.3, 0.4) is 0 Å². The standard InChI is InChI=1S/C16H16N2O4S/c19-16(18-9-4-10-23(18,20)21)14-7-8-15(17-11-14)22-12-13-5-2-1-3-6-13/h1-3,5-8,11H,4,9-10,12H2. The molecule has 0 bridgehead atoms. The maximum Gasteiger partial charge on any atom is 0.268 e. The van der Waals surface area contributed by atoms with Gasteiger partial charge < -0.3 is 4.74 Å². The summed E-state index contributed by atoms with van der Waals surface area (Å²) in [5, 5.41) is 0. The van der Waals surface area contributed by atoms with Gasteiger partial charge in [-0.3, -0.25) is 4.79 Å². The van der Waals surface area contributed by atoms with Crippen LogP contribution >= 0.6 is 0 Å². The Morgan fingerprint density at radius 1 is 1.17 bits per heavy atom. The van der Waals surface area contributed by atoms with E-state index in [-0.39, 0.29) is 17.9 Å². The highest BCUT2D eigenvalue weighted by atomic mass is 32.2. The molecule has 1 fully saturated rings. The molecule has 120 valence electrons. The zero-order valence-corrected chi connectivity index (χ0v) is 13.2. The van der Waals surface area contributed by atoms with E-state index in [1.54, 1.807) is 6.07 Å². The summed E-state index contributed by atoms with van der Waals surface area (Å²) >= 11 is 0. The van der Waals surface area contributed by atoms with Gasteiger partial charge in [0.15, 0.2) is 0 Å². The van der Waals surface area contributed by atoms with Crippen LogP contribution < -0.4 is 4.74 Å². The Hall–Kier alpha value is -2.41. The minimum Gasteiger partial charge on any atom is -0.473 e. The summed E-state index contributed by atoms with van der Waals surface area (Å²) in [5.41, 5.74) is 1.25. The number of hydrogen-bond acceptors (Lipinski definition) is 5. The number of amides is 1. The quantitative estimate of drug-likeness (QED) is 0.854. The third-order valence-electron chi connectivity index (χ3n) is 3.54. The van der Waals surface area contributed by atoms with Crippen LogP contribution in [0.2, 0.25) is 0 Å². The first-order chi connectivity index (χ1) is 11.1. The van der Waals surface area contributed by atoms with E-state index >= 15 is 0 Å². The summed E-state index contributed by atoms with van der Waals surface area (Å²) in [5.74, 6) is -0.135. The van der Waals surface area contributed by atoms with E-state index in [9.17, 15) is 13.2 Å². The molecule has 1 aromatic heterocycles. The first-order valence-electron chi connectivity index (χ1n) is 7.24. The van der Waals surface area contributed by atoms with Gasteiger partial charge in [0.05, 0.1) is 11.3 Å². The molecule has 0 radical (unpaired) electrons. The Morgan fingerprint density at radius 3 is 2.57 bits per heavy atom. The third-order valence-corrected chi connectivity index (χ3v) is 5.36. The number of benzene rings is 1. The number of carbonyl (C=O) groups excluding carboxylic acids is 1. The first-order valence-corrected chi connectivity index (χ1v) is 8.85. The summed E-state index contributed by atoms with van der Waals surface area (Å²) in [6, 6.07) is 12.7. The fraction of sp³-hybridized carbons (Fsp3) is 0.250. The summed E-state index contributed by atoms with van der Waals surface area (Å²) in [4.78, 5) is 16.3. The van der Waals surface area contributed by atoms with E-state index in [0.29, 0.717) is 18.9 Å². The number of aromatic nitrogens is 1. The molecule has 6 nitrogen and oxygen atoms in total. The maximum atomic E-state index is 12.2. The number of nitrogens with zero attached hydrogens (tertiary/aromatic N) is 2. The Labute approximate surface area is 134 Å². The highest BCUT2D eigenvalue weighted by Gasteiger charge is 2.33. The molecule has 2 heterocycles. The predicted octanol–water partition coefficient (Wildman–Crippen LogP) is 1.84. The highest BCUT2D eigenvalue weighted by molar-refractivity contribution is 7.89. The van der Waals surface area contributed by atoms with Gasteiger partial charge in [-0.05, 0) is 18.1 Å². The van der Waals surface area contributed by atoms with Gasteiger partial charge in [0.25, 0.3) is 5.91 Å². The smallest absolute Gasteiger partial charge is 0.268 e.